The van der Waals surface area contributed by atoms with Gasteiger partial charge in [-0.1, -0.05) is 13.8 Å². The number of rotatable bonds is 6. The highest BCUT2D eigenvalue weighted by atomic mass is 19.1. The summed E-state index contributed by atoms with van der Waals surface area (Å²) in [6, 6.07) is 3.62. The fourth-order valence-corrected chi connectivity index (χ4v) is 3.65. The monoisotopic (exact) mass is 427 g/mol. The van der Waals surface area contributed by atoms with E-state index in [2.05, 4.69) is 20.6 Å². The van der Waals surface area contributed by atoms with E-state index < -0.39 is 6.03 Å². The topological polar surface area (TPSA) is 92.5 Å². The van der Waals surface area contributed by atoms with Gasteiger partial charge in [-0.25, -0.2) is 19.2 Å². The van der Waals surface area contributed by atoms with E-state index in [4.69, 9.17) is 9.15 Å². The fraction of sp³-hybridized carbons (Fsp3) is 0.409. The summed E-state index contributed by atoms with van der Waals surface area (Å²) in [5, 5.41) is 6.41. The molecule has 1 atom stereocenters. The molecule has 4 rings (SSSR count). The zero-order valence-electron chi connectivity index (χ0n) is 18.0. The van der Waals surface area contributed by atoms with Crippen molar-refractivity contribution in [2.45, 2.75) is 32.9 Å². The second-order valence-electron chi connectivity index (χ2n) is 8.09. The predicted molar refractivity (Wildman–Crippen MR) is 116 cm³/mol. The highest BCUT2D eigenvalue weighted by Crippen LogP contribution is 2.33. The number of nitrogens with zero attached hydrogens (tertiary/aromatic N) is 3. The predicted octanol–water partition coefficient (Wildman–Crippen LogP) is 4.02. The summed E-state index contributed by atoms with van der Waals surface area (Å²) < 4.78 is 24.8. The molecule has 1 aliphatic heterocycles. The van der Waals surface area contributed by atoms with Crippen LogP contribution in [0.2, 0.25) is 0 Å². The highest BCUT2D eigenvalue weighted by Gasteiger charge is 2.28. The van der Waals surface area contributed by atoms with Crippen LogP contribution in [0.15, 0.2) is 35.0 Å². The normalized spacial score (nSPS) is 15.2. The van der Waals surface area contributed by atoms with Crippen molar-refractivity contribution in [1.29, 1.82) is 0 Å². The van der Waals surface area contributed by atoms with Crippen LogP contribution in [-0.4, -0.2) is 42.3 Å². The number of benzene rings is 1. The maximum absolute atomic E-state index is 13.6. The molecule has 164 valence electrons. The lowest BCUT2D eigenvalue weighted by Gasteiger charge is -2.37. The Morgan fingerprint density at radius 2 is 2.00 bits per heavy atom. The Labute approximate surface area is 179 Å². The van der Waals surface area contributed by atoms with Crippen LogP contribution in [0.1, 0.15) is 31.2 Å². The third-order valence-electron chi connectivity index (χ3n) is 5.53. The van der Waals surface area contributed by atoms with Gasteiger partial charge in [-0.3, -0.25) is 0 Å². The van der Waals surface area contributed by atoms with Gasteiger partial charge in [0.15, 0.2) is 0 Å². The summed E-state index contributed by atoms with van der Waals surface area (Å²) in [4.78, 5) is 23.3. The van der Waals surface area contributed by atoms with E-state index in [0.717, 1.165) is 18.7 Å². The van der Waals surface area contributed by atoms with Gasteiger partial charge < -0.3 is 24.7 Å². The summed E-state index contributed by atoms with van der Waals surface area (Å²) in [5.74, 6) is 0.940. The molecule has 1 fully saturated rings. The standard InChI is InChI=1S/C22H26FN5O3/c1-12(2)19(20-13(3)17-7-14(23)5-6-18(17)31-20)27-22(29)26-15-8-24-21(25-9-15)28-10-16(11-28)30-4/h5-9,12,16,19H,10-11H2,1-4H3,(H2,26,27,29). The van der Waals surface area contributed by atoms with Crippen molar-refractivity contribution in [2.24, 2.45) is 5.92 Å². The van der Waals surface area contributed by atoms with Crippen LogP contribution in [0.25, 0.3) is 11.0 Å². The van der Waals surface area contributed by atoms with Crippen LogP contribution in [-0.2, 0) is 4.74 Å². The zero-order chi connectivity index (χ0) is 22.1. The van der Waals surface area contributed by atoms with Gasteiger partial charge in [0.25, 0.3) is 0 Å². The molecule has 0 bridgehead atoms. The summed E-state index contributed by atoms with van der Waals surface area (Å²) in [6.45, 7) is 7.33. The van der Waals surface area contributed by atoms with Gasteiger partial charge in [0.05, 0.1) is 30.2 Å². The van der Waals surface area contributed by atoms with Gasteiger partial charge in [-0.05, 0) is 31.0 Å². The lowest BCUT2D eigenvalue weighted by Crippen LogP contribution is -2.52. The molecule has 1 aliphatic rings. The summed E-state index contributed by atoms with van der Waals surface area (Å²) >= 11 is 0. The molecule has 1 aromatic carbocycles. The van der Waals surface area contributed by atoms with Crippen LogP contribution < -0.4 is 15.5 Å². The molecule has 3 heterocycles. The van der Waals surface area contributed by atoms with E-state index in [9.17, 15) is 9.18 Å². The molecule has 0 spiro atoms. The van der Waals surface area contributed by atoms with E-state index in [0.29, 0.717) is 28.4 Å². The van der Waals surface area contributed by atoms with Gasteiger partial charge >= 0.3 is 6.03 Å². The molecule has 0 radical (unpaired) electrons. The number of furan rings is 1. The third-order valence-corrected chi connectivity index (χ3v) is 5.53. The van der Waals surface area contributed by atoms with Crippen molar-refractivity contribution in [3.63, 3.8) is 0 Å². The number of methoxy groups -OCH3 is 1. The first-order valence-corrected chi connectivity index (χ1v) is 10.2. The summed E-state index contributed by atoms with van der Waals surface area (Å²) in [6.07, 6.45) is 3.35. The SMILES string of the molecule is COC1CN(c2ncc(NC(=O)NC(c3oc4ccc(F)cc4c3C)C(C)C)cn2)C1. The molecule has 0 saturated carbocycles. The second kappa shape index (κ2) is 8.50. The molecule has 8 nitrogen and oxygen atoms in total. The van der Waals surface area contributed by atoms with Crippen molar-refractivity contribution in [3.8, 4) is 0 Å². The van der Waals surface area contributed by atoms with Crippen molar-refractivity contribution in [1.82, 2.24) is 15.3 Å². The number of aromatic nitrogens is 2. The molecular weight excluding hydrogens is 401 g/mol. The minimum absolute atomic E-state index is 0.0497. The first-order chi connectivity index (χ1) is 14.9. The Morgan fingerprint density at radius 3 is 2.65 bits per heavy atom. The minimum Gasteiger partial charge on any atom is -0.459 e. The number of hydrogen-bond donors (Lipinski definition) is 2. The fourth-order valence-electron chi connectivity index (χ4n) is 3.65. The van der Waals surface area contributed by atoms with E-state index in [1.165, 1.54) is 12.1 Å². The molecule has 2 amide bonds. The van der Waals surface area contributed by atoms with Gasteiger partial charge in [-0.2, -0.15) is 0 Å². The molecule has 9 heteroatoms. The number of carbonyl (C=O) groups excluding carboxylic acids is 1. The number of halogens is 1. The Kier molecular flexibility index (Phi) is 5.77. The molecule has 2 N–H and O–H groups in total. The van der Waals surface area contributed by atoms with E-state index in [1.807, 2.05) is 25.7 Å². The number of hydrogen-bond acceptors (Lipinski definition) is 6. The highest BCUT2D eigenvalue weighted by molar-refractivity contribution is 5.89. The Balaban J connectivity index is 1.44. The number of aryl methyl sites for hydroxylation is 1. The Bertz CT molecular complexity index is 1080. The van der Waals surface area contributed by atoms with Crippen molar-refractivity contribution < 1.29 is 18.3 Å². The second-order valence-corrected chi connectivity index (χ2v) is 8.09. The van der Waals surface area contributed by atoms with Crippen molar-refractivity contribution >= 4 is 28.6 Å². The number of amides is 2. The van der Waals surface area contributed by atoms with Crippen molar-refractivity contribution in [2.75, 3.05) is 30.4 Å². The molecular formula is C22H26FN5O3. The van der Waals surface area contributed by atoms with Gasteiger partial charge in [0.1, 0.15) is 17.2 Å². The first kappa shape index (κ1) is 21.0. The maximum Gasteiger partial charge on any atom is 0.319 e. The average Bonchev–Trinajstić information content (AvgIpc) is 3.02. The van der Waals surface area contributed by atoms with E-state index in [-0.39, 0.29) is 23.9 Å². The number of urea groups is 1. The molecule has 3 aromatic rings. The number of fused-ring (bicyclic) bond motifs is 1. The molecule has 1 saturated heterocycles. The van der Waals surface area contributed by atoms with Gasteiger partial charge in [0, 0.05) is 31.1 Å². The summed E-state index contributed by atoms with van der Waals surface area (Å²) in [7, 11) is 1.68. The lowest BCUT2D eigenvalue weighted by atomic mass is 9.98. The van der Waals surface area contributed by atoms with Gasteiger partial charge in [0.2, 0.25) is 5.95 Å². The quantitative estimate of drug-likeness (QED) is 0.617. The van der Waals surface area contributed by atoms with E-state index in [1.54, 1.807) is 25.6 Å². The van der Waals surface area contributed by atoms with Crippen LogP contribution in [0.5, 0.6) is 0 Å². The van der Waals surface area contributed by atoms with Crippen LogP contribution in [0, 0.1) is 18.7 Å². The van der Waals surface area contributed by atoms with Crippen LogP contribution >= 0.6 is 0 Å². The molecule has 0 aliphatic carbocycles. The molecule has 2 aromatic heterocycles. The molecule has 31 heavy (non-hydrogen) atoms. The first-order valence-electron chi connectivity index (χ1n) is 10.2. The van der Waals surface area contributed by atoms with Crippen molar-refractivity contribution in [3.05, 3.63) is 47.7 Å². The smallest absolute Gasteiger partial charge is 0.319 e. The minimum atomic E-state index is -0.399. The molecule has 1 unspecified atom stereocenters. The number of anilines is 2. The lowest BCUT2D eigenvalue weighted by molar-refractivity contribution is 0.0778. The van der Waals surface area contributed by atoms with Crippen LogP contribution in [0.4, 0.5) is 20.8 Å². The van der Waals surface area contributed by atoms with E-state index >= 15 is 0 Å². The van der Waals surface area contributed by atoms with Gasteiger partial charge in [-0.15, -0.1) is 0 Å². The summed E-state index contributed by atoms with van der Waals surface area (Å²) in [5.41, 5.74) is 1.88. The number of ether oxygens (including phenoxy) is 1. The largest absolute Gasteiger partial charge is 0.459 e. The Hall–Kier alpha value is -3.20. The number of carbonyl (C=O) groups is 1. The van der Waals surface area contributed by atoms with Crippen LogP contribution in [0.3, 0.4) is 0 Å². The third kappa shape index (κ3) is 4.32. The Morgan fingerprint density at radius 1 is 1.29 bits per heavy atom. The zero-order valence-corrected chi connectivity index (χ0v) is 18.0. The average molecular weight is 427 g/mol. The number of nitrogens with one attached hydrogen (secondary N) is 2. The maximum atomic E-state index is 13.6.